The summed E-state index contributed by atoms with van der Waals surface area (Å²) in [6.07, 6.45) is -2.93. The van der Waals surface area contributed by atoms with E-state index >= 15 is 0 Å². The van der Waals surface area contributed by atoms with Crippen molar-refractivity contribution in [1.29, 1.82) is 0 Å². The summed E-state index contributed by atoms with van der Waals surface area (Å²) in [5, 5.41) is 30.3. The van der Waals surface area contributed by atoms with Gasteiger partial charge in [0.25, 0.3) is 0 Å². The zero-order valence-corrected chi connectivity index (χ0v) is 11.7. The molecule has 2 aromatic rings. The Kier molecular flexibility index (Phi) is 3.58. The number of rotatable bonds is 3. The number of nitrogen functional groups attached to an aromatic ring is 1. The van der Waals surface area contributed by atoms with E-state index in [-0.39, 0.29) is 5.95 Å². The highest BCUT2D eigenvalue weighted by Gasteiger charge is 2.44. The smallest absolute Gasteiger partial charge is 0.224 e. The lowest BCUT2D eigenvalue weighted by Gasteiger charge is -2.17. The van der Waals surface area contributed by atoms with Gasteiger partial charge < -0.3 is 25.8 Å². The minimum Gasteiger partial charge on any atom is -0.394 e. The van der Waals surface area contributed by atoms with Gasteiger partial charge in [-0.3, -0.25) is 9.58 Å². The third-order valence-corrected chi connectivity index (χ3v) is 3.55. The number of hydrogen-bond acceptors (Lipinski definition) is 10. The van der Waals surface area contributed by atoms with E-state index in [4.69, 9.17) is 21.4 Å². The molecule has 2 aromatic heterocycles. The quantitative estimate of drug-likeness (QED) is 0.297. The Labute approximate surface area is 124 Å². The third-order valence-electron chi connectivity index (χ3n) is 3.55. The average Bonchev–Trinajstić information content (AvgIpc) is 3.00. The fraction of sp³-hybridized carbons (Fsp3) is 0.545. The zero-order chi connectivity index (χ0) is 16.0. The van der Waals surface area contributed by atoms with Gasteiger partial charge >= 0.3 is 0 Å². The molecule has 120 valence electrons. The molecule has 4 atom stereocenters. The van der Waals surface area contributed by atoms with Crippen LogP contribution in [0.5, 0.6) is 0 Å². The summed E-state index contributed by atoms with van der Waals surface area (Å²) in [4.78, 5) is 12.2. The predicted octanol–water partition coefficient (Wildman–Crippen LogP) is -2.67. The summed E-state index contributed by atoms with van der Waals surface area (Å²) in [7, 11) is 1.58. The molecule has 0 spiro atoms. The van der Waals surface area contributed by atoms with Crippen LogP contribution in [0.4, 0.5) is 11.8 Å². The Balaban J connectivity index is 2.09. The van der Waals surface area contributed by atoms with E-state index in [0.717, 1.165) is 0 Å². The number of imidazole rings is 1. The summed E-state index contributed by atoms with van der Waals surface area (Å²) in [6, 6.07) is 0. The maximum atomic E-state index is 10.1. The van der Waals surface area contributed by atoms with Gasteiger partial charge in [0.15, 0.2) is 23.2 Å². The molecule has 7 N–H and O–H groups in total. The number of ether oxygens (including phenoxy) is 1. The highest BCUT2D eigenvalue weighted by molar-refractivity contribution is 5.84. The van der Waals surface area contributed by atoms with Crippen molar-refractivity contribution >= 4 is 22.9 Å². The molecule has 22 heavy (non-hydrogen) atoms. The van der Waals surface area contributed by atoms with Crippen molar-refractivity contribution < 1.29 is 20.1 Å². The molecule has 1 aliphatic heterocycles. The van der Waals surface area contributed by atoms with E-state index < -0.39 is 31.1 Å². The standard InChI is InChI=1S/C11H17N7O4/c1-17(13)8-5-9(16-11(12)15-8)18(3-14-5)10-7(21)6(20)4(2-19)22-10/h3-4,6-7,10,19-21H,2,13H2,1H3,(H2,12,15,16)/t4-,6-,7-,10-/m1/s1. The Hall–Kier alpha value is -2.05. The number of aromatic nitrogens is 4. The molecule has 1 fully saturated rings. The number of aliphatic hydroxyl groups excluding tert-OH is 3. The van der Waals surface area contributed by atoms with Crippen LogP contribution in [0.3, 0.4) is 0 Å². The van der Waals surface area contributed by atoms with Gasteiger partial charge in [-0.2, -0.15) is 9.97 Å². The average molecular weight is 311 g/mol. The monoisotopic (exact) mass is 311 g/mol. The van der Waals surface area contributed by atoms with Crippen molar-refractivity contribution in [3.8, 4) is 0 Å². The molecular weight excluding hydrogens is 294 g/mol. The molecule has 1 saturated heterocycles. The molecule has 11 nitrogen and oxygen atoms in total. The predicted molar refractivity (Wildman–Crippen MR) is 75.3 cm³/mol. The number of hydrogen-bond donors (Lipinski definition) is 5. The summed E-state index contributed by atoms with van der Waals surface area (Å²) in [5.74, 6) is 5.98. The number of nitrogens with zero attached hydrogens (tertiary/aromatic N) is 5. The van der Waals surface area contributed by atoms with Gasteiger partial charge in [-0.15, -0.1) is 0 Å². The lowest BCUT2D eigenvalue weighted by atomic mass is 10.1. The van der Waals surface area contributed by atoms with Gasteiger partial charge in [0, 0.05) is 7.05 Å². The first kappa shape index (κ1) is 14.9. The number of hydrazine groups is 1. The molecule has 0 saturated carbocycles. The van der Waals surface area contributed by atoms with Crippen molar-refractivity contribution in [2.45, 2.75) is 24.5 Å². The van der Waals surface area contributed by atoms with Gasteiger partial charge in [-0.05, 0) is 0 Å². The summed E-state index contributed by atoms with van der Waals surface area (Å²) >= 11 is 0. The van der Waals surface area contributed by atoms with E-state index in [1.807, 2.05) is 0 Å². The van der Waals surface area contributed by atoms with Crippen molar-refractivity contribution in [1.82, 2.24) is 19.5 Å². The largest absolute Gasteiger partial charge is 0.394 e. The second-order valence-corrected chi connectivity index (χ2v) is 5.07. The van der Waals surface area contributed by atoms with Crippen LogP contribution in [0, 0.1) is 0 Å². The molecule has 0 aromatic carbocycles. The summed E-state index contributed by atoms with van der Waals surface area (Å²) in [6.45, 7) is -0.421. The lowest BCUT2D eigenvalue weighted by Crippen LogP contribution is -2.33. The molecule has 0 radical (unpaired) electrons. The van der Waals surface area contributed by atoms with Crippen LogP contribution in [0.2, 0.25) is 0 Å². The lowest BCUT2D eigenvalue weighted by molar-refractivity contribution is -0.0511. The molecule has 0 amide bonds. The van der Waals surface area contributed by atoms with E-state index in [0.29, 0.717) is 17.0 Å². The molecule has 1 aliphatic rings. The van der Waals surface area contributed by atoms with Gasteiger partial charge in [0.05, 0.1) is 12.9 Å². The fourth-order valence-electron chi connectivity index (χ4n) is 2.46. The zero-order valence-electron chi connectivity index (χ0n) is 11.7. The molecule has 0 bridgehead atoms. The van der Waals surface area contributed by atoms with E-state index in [1.54, 1.807) is 7.05 Å². The topological polar surface area (TPSA) is 169 Å². The maximum Gasteiger partial charge on any atom is 0.224 e. The van der Waals surface area contributed by atoms with E-state index in [9.17, 15) is 10.2 Å². The van der Waals surface area contributed by atoms with Gasteiger partial charge in [-0.1, -0.05) is 0 Å². The van der Waals surface area contributed by atoms with Crippen LogP contribution in [0.25, 0.3) is 11.2 Å². The van der Waals surface area contributed by atoms with Crippen molar-refractivity contribution in [2.75, 3.05) is 24.4 Å². The van der Waals surface area contributed by atoms with Crippen LogP contribution in [0.1, 0.15) is 6.23 Å². The van der Waals surface area contributed by atoms with Gasteiger partial charge in [0.2, 0.25) is 5.95 Å². The van der Waals surface area contributed by atoms with Crippen LogP contribution in [0.15, 0.2) is 6.33 Å². The number of nitrogens with two attached hydrogens (primary N) is 2. The van der Waals surface area contributed by atoms with Crippen molar-refractivity contribution in [3.05, 3.63) is 6.33 Å². The normalized spacial score (nSPS) is 28.4. The molecule has 0 unspecified atom stereocenters. The first-order valence-electron chi connectivity index (χ1n) is 6.55. The second kappa shape index (κ2) is 5.30. The second-order valence-electron chi connectivity index (χ2n) is 5.07. The number of anilines is 2. The highest BCUT2D eigenvalue weighted by Crippen LogP contribution is 2.32. The van der Waals surface area contributed by atoms with Crippen molar-refractivity contribution in [2.24, 2.45) is 5.84 Å². The molecular formula is C11H17N7O4. The Morgan fingerprint density at radius 1 is 1.36 bits per heavy atom. The van der Waals surface area contributed by atoms with E-state index in [1.165, 1.54) is 15.9 Å². The molecule has 3 heterocycles. The molecule has 3 rings (SSSR count). The first-order valence-corrected chi connectivity index (χ1v) is 6.55. The van der Waals surface area contributed by atoms with Gasteiger partial charge in [0.1, 0.15) is 18.3 Å². The number of fused-ring (bicyclic) bond motifs is 1. The Morgan fingerprint density at radius 3 is 2.68 bits per heavy atom. The van der Waals surface area contributed by atoms with Crippen molar-refractivity contribution in [3.63, 3.8) is 0 Å². The summed E-state index contributed by atoms with van der Waals surface area (Å²) < 4.78 is 6.88. The number of aliphatic hydroxyl groups is 3. The van der Waals surface area contributed by atoms with Crippen LogP contribution < -0.4 is 16.6 Å². The van der Waals surface area contributed by atoms with Gasteiger partial charge in [-0.25, -0.2) is 10.8 Å². The highest BCUT2D eigenvalue weighted by atomic mass is 16.6. The SMILES string of the molecule is CN(N)c1nc(N)nc2c1ncn2[C@@H]1O[C@H](CO)[C@@H](O)[C@H]1O. The van der Waals surface area contributed by atoms with E-state index in [2.05, 4.69) is 15.0 Å². The first-order chi connectivity index (χ1) is 10.4. The minimum atomic E-state index is -1.25. The molecule has 11 heteroatoms. The summed E-state index contributed by atoms with van der Waals surface area (Å²) in [5.41, 5.74) is 6.34. The van der Waals surface area contributed by atoms with Crippen LogP contribution in [-0.2, 0) is 4.74 Å². The Morgan fingerprint density at radius 2 is 2.09 bits per heavy atom. The fourth-order valence-corrected chi connectivity index (χ4v) is 2.46. The maximum absolute atomic E-state index is 10.1. The minimum absolute atomic E-state index is 0.0201. The van der Waals surface area contributed by atoms with Crippen LogP contribution in [-0.4, -0.2) is 66.8 Å². The third kappa shape index (κ3) is 2.15. The Bertz CT molecular complexity index is 690. The van der Waals surface area contributed by atoms with Crippen LogP contribution >= 0.6 is 0 Å². The molecule has 0 aliphatic carbocycles.